The van der Waals surface area contributed by atoms with E-state index in [1.165, 1.54) is 6.21 Å². The van der Waals surface area contributed by atoms with Crippen LogP contribution in [0.4, 0.5) is 5.69 Å². The van der Waals surface area contributed by atoms with E-state index in [2.05, 4.69) is 26.5 Å². The zero-order chi connectivity index (χ0) is 18.4. The van der Waals surface area contributed by atoms with Crippen LogP contribution in [-0.4, -0.2) is 25.3 Å². The van der Waals surface area contributed by atoms with Gasteiger partial charge in [0.15, 0.2) is 11.5 Å². The maximum Gasteiger partial charge on any atom is 0.273 e. The number of nitrogens with zero attached hydrogens (tertiary/aromatic N) is 1. The second-order valence-electron chi connectivity index (χ2n) is 5.49. The third-order valence-corrected chi connectivity index (χ3v) is 3.78. The normalized spacial score (nSPS) is 10.9. The number of nitrogen functional groups attached to an aromatic ring is 1. The highest BCUT2D eigenvalue weighted by molar-refractivity contribution is 9.10. The van der Waals surface area contributed by atoms with Crippen LogP contribution in [0.15, 0.2) is 46.0 Å². The van der Waals surface area contributed by atoms with Gasteiger partial charge >= 0.3 is 0 Å². The number of ether oxygens (including phenoxy) is 2. The number of hydrogen-bond donors (Lipinski definition) is 2. The number of amides is 1. The van der Waals surface area contributed by atoms with Gasteiger partial charge in [-0.05, 0) is 59.6 Å². The third kappa shape index (κ3) is 4.96. The van der Waals surface area contributed by atoms with Gasteiger partial charge in [-0.25, -0.2) is 5.43 Å². The van der Waals surface area contributed by atoms with Crippen molar-refractivity contribution in [1.82, 2.24) is 5.43 Å². The summed E-state index contributed by atoms with van der Waals surface area (Å²) in [5, 5.41) is 3.97. The number of hydrogen-bond acceptors (Lipinski definition) is 5. The summed E-state index contributed by atoms with van der Waals surface area (Å²) in [6.07, 6.45) is 1.53. The first kappa shape index (κ1) is 18.8. The fraction of sp³-hybridized carbons (Fsp3) is 0.222. The predicted octanol–water partition coefficient (Wildman–Crippen LogP) is 3.59. The first-order chi connectivity index (χ1) is 11.9. The van der Waals surface area contributed by atoms with Crippen molar-refractivity contribution in [2.45, 2.75) is 20.0 Å². The van der Waals surface area contributed by atoms with E-state index in [9.17, 15) is 4.79 Å². The second-order valence-corrected chi connectivity index (χ2v) is 6.34. The Bertz CT molecular complexity index is 791. The molecule has 2 rings (SSSR count). The average Bonchev–Trinajstić information content (AvgIpc) is 2.57. The number of nitrogens with two attached hydrogens (primary N) is 1. The van der Waals surface area contributed by atoms with Crippen LogP contribution in [0.25, 0.3) is 0 Å². The number of methoxy groups -OCH3 is 1. The molecule has 0 bridgehead atoms. The van der Waals surface area contributed by atoms with Crippen LogP contribution in [0.2, 0.25) is 0 Å². The van der Waals surface area contributed by atoms with Crippen molar-refractivity contribution < 1.29 is 14.3 Å². The van der Waals surface area contributed by atoms with Gasteiger partial charge in [0.1, 0.15) is 0 Å². The number of nitrogens with one attached hydrogen (secondary N) is 1. The Morgan fingerprint density at radius 3 is 2.68 bits per heavy atom. The highest BCUT2D eigenvalue weighted by Crippen LogP contribution is 2.36. The van der Waals surface area contributed by atoms with Crippen molar-refractivity contribution in [1.29, 1.82) is 0 Å². The Morgan fingerprint density at radius 2 is 2.04 bits per heavy atom. The second kappa shape index (κ2) is 8.53. The molecule has 0 fully saturated rings. The van der Waals surface area contributed by atoms with Crippen molar-refractivity contribution in [2.24, 2.45) is 5.10 Å². The minimum absolute atomic E-state index is 0.0142. The van der Waals surface area contributed by atoms with Gasteiger partial charge in [-0.3, -0.25) is 4.79 Å². The first-order valence-corrected chi connectivity index (χ1v) is 8.43. The lowest BCUT2D eigenvalue weighted by atomic mass is 10.2. The largest absolute Gasteiger partial charge is 0.493 e. The molecule has 0 atom stereocenters. The lowest BCUT2D eigenvalue weighted by Gasteiger charge is -2.15. The fourth-order valence-corrected chi connectivity index (χ4v) is 2.65. The number of benzene rings is 2. The molecule has 25 heavy (non-hydrogen) atoms. The van der Waals surface area contributed by atoms with Crippen LogP contribution >= 0.6 is 15.9 Å². The van der Waals surface area contributed by atoms with Gasteiger partial charge in [-0.2, -0.15) is 5.10 Å². The summed E-state index contributed by atoms with van der Waals surface area (Å²) < 4.78 is 11.8. The standard InChI is InChI=1S/C18H20BrN3O3/c1-11(2)25-17-14(19)8-12(9-16(17)24-3)10-21-22-18(23)13-6-4-5-7-15(13)20/h4-11H,20H2,1-3H3,(H,22,23)/b21-10-. The molecule has 7 heteroatoms. The molecule has 0 aliphatic rings. The van der Waals surface area contributed by atoms with E-state index < -0.39 is 0 Å². The molecule has 0 radical (unpaired) electrons. The fourth-order valence-electron chi connectivity index (χ4n) is 2.09. The topological polar surface area (TPSA) is 85.9 Å². The Morgan fingerprint density at radius 1 is 1.32 bits per heavy atom. The molecule has 132 valence electrons. The number of anilines is 1. The highest BCUT2D eigenvalue weighted by Gasteiger charge is 2.13. The number of halogens is 1. The van der Waals surface area contributed by atoms with Gasteiger partial charge in [0.05, 0.1) is 29.5 Å². The summed E-state index contributed by atoms with van der Waals surface area (Å²) in [4.78, 5) is 12.1. The Balaban J connectivity index is 2.14. The molecule has 0 saturated heterocycles. The number of para-hydroxylation sites is 1. The number of carbonyl (C=O) groups excluding carboxylic acids is 1. The molecular formula is C18H20BrN3O3. The molecule has 3 N–H and O–H groups in total. The van der Waals surface area contributed by atoms with Crippen LogP contribution in [0.5, 0.6) is 11.5 Å². The van der Waals surface area contributed by atoms with Crippen LogP contribution in [0, 0.1) is 0 Å². The molecule has 0 aromatic heterocycles. The number of hydrazone groups is 1. The van der Waals surface area contributed by atoms with E-state index in [-0.39, 0.29) is 12.0 Å². The molecule has 0 saturated carbocycles. The molecule has 2 aromatic rings. The van der Waals surface area contributed by atoms with Crippen molar-refractivity contribution in [3.63, 3.8) is 0 Å². The van der Waals surface area contributed by atoms with Crippen LogP contribution in [0.1, 0.15) is 29.8 Å². The number of carbonyl (C=O) groups is 1. The molecule has 6 nitrogen and oxygen atoms in total. The maximum atomic E-state index is 12.1. The number of rotatable bonds is 6. The van der Waals surface area contributed by atoms with Gasteiger partial charge < -0.3 is 15.2 Å². The lowest BCUT2D eigenvalue weighted by Crippen LogP contribution is -2.19. The van der Waals surface area contributed by atoms with Crippen molar-refractivity contribution in [3.8, 4) is 11.5 Å². The predicted molar refractivity (Wildman–Crippen MR) is 102 cm³/mol. The third-order valence-electron chi connectivity index (χ3n) is 3.19. The van der Waals surface area contributed by atoms with Crippen molar-refractivity contribution in [2.75, 3.05) is 12.8 Å². The summed E-state index contributed by atoms with van der Waals surface area (Å²) in [6, 6.07) is 10.4. The van der Waals surface area contributed by atoms with Crippen LogP contribution < -0.4 is 20.6 Å². The van der Waals surface area contributed by atoms with Gasteiger partial charge in [-0.15, -0.1) is 0 Å². The minimum Gasteiger partial charge on any atom is -0.493 e. The highest BCUT2D eigenvalue weighted by atomic mass is 79.9. The van der Waals surface area contributed by atoms with Crippen molar-refractivity contribution in [3.05, 3.63) is 52.0 Å². The smallest absolute Gasteiger partial charge is 0.273 e. The minimum atomic E-state index is -0.375. The molecule has 0 aliphatic carbocycles. The van der Waals surface area contributed by atoms with E-state index >= 15 is 0 Å². The quantitative estimate of drug-likeness (QED) is 0.436. The first-order valence-electron chi connectivity index (χ1n) is 7.64. The monoisotopic (exact) mass is 405 g/mol. The van der Waals surface area contributed by atoms with E-state index in [0.717, 1.165) is 10.0 Å². The molecule has 2 aromatic carbocycles. The SMILES string of the molecule is COc1cc(/C=N\NC(=O)c2ccccc2N)cc(Br)c1OC(C)C. The summed E-state index contributed by atoms with van der Waals surface area (Å²) >= 11 is 3.46. The van der Waals surface area contributed by atoms with Crippen LogP contribution in [0.3, 0.4) is 0 Å². The summed E-state index contributed by atoms with van der Waals surface area (Å²) in [7, 11) is 1.57. The Labute approximate surface area is 155 Å². The van der Waals surface area contributed by atoms with E-state index in [1.807, 2.05) is 19.9 Å². The van der Waals surface area contributed by atoms with Gasteiger partial charge in [-0.1, -0.05) is 12.1 Å². The maximum absolute atomic E-state index is 12.1. The van der Waals surface area contributed by atoms with Crippen LogP contribution in [-0.2, 0) is 0 Å². The lowest BCUT2D eigenvalue weighted by molar-refractivity contribution is 0.0956. The van der Waals surface area contributed by atoms with E-state index in [4.69, 9.17) is 15.2 Å². The summed E-state index contributed by atoms with van der Waals surface area (Å²) in [5.74, 6) is 0.819. The van der Waals surface area contributed by atoms with Gasteiger partial charge in [0, 0.05) is 5.69 Å². The molecule has 0 spiro atoms. The molecule has 0 unspecified atom stereocenters. The van der Waals surface area contributed by atoms with E-state index in [0.29, 0.717) is 22.7 Å². The molecule has 0 heterocycles. The zero-order valence-electron chi connectivity index (χ0n) is 14.2. The van der Waals surface area contributed by atoms with Gasteiger partial charge in [0.25, 0.3) is 5.91 Å². The molecular weight excluding hydrogens is 386 g/mol. The van der Waals surface area contributed by atoms with Gasteiger partial charge in [0.2, 0.25) is 0 Å². The van der Waals surface area contributed by atoms with Crippen molar-refractivity contribution >= 4 is 33.7 Å². The Hall–Kier alpha value is -2.54. The Kier molecular flexibility index (Phi) is 6.41. The zero-order valence-corrected chi connectivity index (χ0v) is 15.8. The van der Waals surface area contributed by atoms with E-state index in [1.54, 1.807) is 37.4 Å². The summed E-state index contributed by atoms with van der Waals surface area (Å²) in [5.41, 5.74) is 9.73. The molecule has 0 aliphatic heterocycles. The molecule has 1 amide bonds. The average molecular weight is 406 g/mol. The summed E-state index contributed by atoms with van der Waals surface area (Å²) in [6.45, 7) is 3.87.